The molecule has 0 saturated heterocycles. The summed E-state index contributed by atoms with van der Waals surface area (Å²) in [5.74, 6) is -1.41. The number of benzene rings is 1. The molecule has 0 aliphatic carbocycles. The molecule has 3 aromatic rings. The summed E-state index contributed by atoms with van der Waals surface area (Å²) in [5.41, 5.74) is -0.145. The van der Waals surface area contributed by atoms with Crippen LogP contribution in [0.15, 0.2) is 44.6 Å². The van der Waals surface area contributed by atoms with Crippen molar-refractivity contribution in [1.82, 2.24) is 19.1 Å². The number of anilines is 1. The van der Waals surface area contributed by atoms with Gasteiger partial charge in [-0.1, -0.05) is 15.9 Å². The van der Waals surface area contributed by atoms with E-state index in [-0.39, 0.29) is 27.0 Å². The van der Waals surface area contributed by atoms with Gasteiger partial charge in [0.15, 0.2) is 0 Å². The fourth-order valence-electron chi connectivity index (χ4n) is 2.50. The van der Waals surface area contributed by atoms with Crippen LogP contribution in [0, 0.1) is 5.95 Å². The Hall–Kier alpha value is -2.57. The van der Waals surface area contributed by atoms with Gasteiger partial charge in [0, 0.05) is 36.5 Å². The maximum Gasteiger partial charge on any atom is 0.252 e. The number of amides is 1. The summed E-state index contributed by atoms with van der Waals surface area (Å²) in [5, 5.41) is 8.29. The number of sulfonamides is 1. The van der Waals surface area contributed by atoms with Gasteiger partial charge in [0.1, 0.15) is 10.4 Å². The van der Waals surface area contributed by atoms with E-state index in [4.69, 9.17) is 0 Å². The number of pyridine rings is 1. The van der Waals surface area contributed by atoms with Crippen molar-refractivity contribution in [3.05, 3.63) is 51.2 Å². The highest BCUT2D eigenvalue weighted by molar-refractivity contribution is 9.10. The zero-order valence-corrected chi connectivity index (χ0v) is 17.1. The molecule has 148 valence electrons. The van der Waals surface area contributed by atoms with Gasteiger partial charge in [-0.3, -0.25) is 14.7 Å². The second-order valence-electron chi connectivity index (χ2n) is 6.01. The maximum absolute atomic E-state index is 13.8. The van der Waals surface area contributed by atoms with Gasteiger partial charge in [-0.05, 0) is 18.2 Å². The number of H-pyrrole nitrogens is 1. The van der Waals surface area contributed by atoms with Gasteiger partial charge in [-0.2, -0.15) is 13.8 Å². The van der Waals surface area contributed by atoms with Crippen LogP contribution in [-0.4, -0.2) is 47.0 Å². The molecule has 0 saturated carbocycles. The SMILES string of the molecule is CN(CC(=O)Nc1ccn(C)c(=O)c1)S(=O)(=O)c1cc(Br)cc2c(F)[nH]nc12. The lowest BCUT2D eigenvalue weighted by Crippen LogP contribution is -2.35. The first kappa shape index (κ1) is 20.2. The molecule has 0 aliphatic heterocycles. The summed E-state index contributed by atoms with van der Waals surface area (Å²) in [6.07, 6.45) is 1.47. The smallest absolute Gasteiger partial charge is 0.252 e. The van der Waals surface area contributed by atoms with E-state index in [1.807, 2.05) is 0 Å². The number of aromatic nitrogens is 3. The van der Waals surface area contributed by atoms with E-state index in [1.54, 1.807) is 7.05 Å². The van der Waals surface area contributed by atoms with E-state index in [9.17, 15) is 22.4 Å². The summed E-state index contributed by atoms with van der Waals surface area (Å²) in [6, 6.07) is 5.41. The first-order chi connectivity index (χ1) is 13.1. The molecule has 2 N–H and O–H groups in total. The van der Waals surface area contributed by atoms with E-state index < -0.39 is 28.4 Å². The van der Waals surface area contributed by atoms with E-state index in [1.165, 1.54) is 42.1 Å². The average Bonchev–Trinajstić information content (AvgIpc) is 2.98. The molecule has 0 fully saturated rings. The van der Waals surface area contributed by atoms with Crippen molar-refractivity contribution in [2.45, 2.75) is 4.90 Å². The Morgan fingerprint density at radius 3 is 2.79 bits per heavy atom. The van der Waals surface area contributed by atoms with Crippen molar-refractivity contribution < 1.29 is 17.6 Å². The first-order valence-electron chi connectivity index (χ1n) is 7.85. The standard InChI is InChI=1S/C16H15BrFN5O4S/c1-22-4-3-10(7-14(22)25)19-13(24)8-23(2)28(26,27)12-6-9(17)5-11-15(12)20-21-16(11)18/h3-7H,8H2,1-2H3,(H,19,24)(H,20,21). The summed E-state index contributed by atoms with van der Waals surface area (Å²) >= 11 is 3.15. The van der Waals surface area contributed by atoms with Crippen LogP contribution in [0.3, 0.4) is 0 Å². The second-order valence-corrected chi connectivity index (χ2v) is 8.94. The number of aromatic amines is 1. The minimum absolute atomic E-state index is 0.00549. The number of likely N-dealkylation sites (N-methyl/N-ethyl adjacent to an activating group) is 1. The number of halogens is 2. The van der Waals surface area contributed by atoms with E-state index in [0.717, 1.165) is 4.31 Å². The zero-order chi connectivity index (χ0) is 20.6. The molecule has 0 bridgehead atoms. The molecule has 2 heterocycles. The van der Waals surface area contributed by atoms with Crippen molar-refractivity contribution in [3.63, 3.8) is 0 Å². The molecule has 2 aromatic heterocycles. The molecular weight excluding hydrogens is 457 g/mol. The number of hydrogen-bond donors (Lipinski definition) is 2. The van der Waals surface area contributed by atoms with Crippen LogP contribution in [0.4, 0.5) is 10.1 Å². The van der Waals surface area contributed by atoms with Gasteiger partial charge in [0.25, 0.3) is 5.56 Å². The molecule has 0 unspecified atom stereocenters. The van der Waals surface area contributed by atoms with Crippen LogP contribution in [0.1, 0.15) is 0 Å². The monoisotopic (exact) mass is 471 g/mol. The molecular formula is C16H15BrFN5O4S. The third kappa shape index (κ3) is 3.84. The Morgan fingerprint density at radius 2 is 2.11 bits per heavy atom. The number of nitrogens with zero attached hydrogens (tertiary/aromatic N) is 3. The van der Waals surface area contributed by atoms with Crippen LogP contribution >= 0.6 is 15.9 Å². The summed E-state index contributed by atoms with van der Waals surface area (Å²) in [4.78, 5) is 23.6. The third-order valence-electron chi connectivity index (χ3n) is 3.98. The fourth-order valence-corrected chi connectivity index (χ4v) is 4.41. The quantitative estimate of drug-likeness (QED) is 0.583. The van der Waals surface area contributed by atoms with Gasteiger partial charge in [0.2, 0.25) is 21.9 Å². The Labute approximate surface area is 167 Å². The van der Waals surface area contributed by atoms with Crippen molar-refractivity contribution in [1.29, 1.82) is 0 Å². The predicted octanol–water partition coefficient (Wildman–Crippen LogP) is 1.42. The highest BCUT2D eigenvalue weighted by Gasteiger charge is 2.27. The minimum atomic E-state index is -4.15. The van der Waals surface area contributed by atoms with E-state index in [0.29, 0.717) is 4.47 Å². The molecule has 1 aromatic carbocycles. The number of nitrogens with one attached hydrogen (secondary N) is 2. The largest absolute Gasteiger partial charge is 0.325 e. The number of fused-ring (bicyclic) bond motifs is 1. The number of aryl methyl sites for hydroxylation is 1. The lowest BCUT2D eigenvalue weighted by Gasteiger charge is -2.17. The molecule has 28 heavy (non-hydrogen) atoms. The molecule has 0 aliphatic rings. The third-order valence-corrected chi connectivity index (χ3v) is 6.26. The maximum atomic E-state index is 13.8. The molecule has 9 nitrogen and oxygen atoms in total. The van der Waals surface area contributed by atoms with Gasteiger partial charge < -0.3 is 9.88 Å². The molecule has 3 rings (SSSR count). The number of rotatable bonds is 5. The molecule has 0 radical (unpaired) electrons. The molecule has 1 amide bonds. The Bertz CT molecular complexity index is 1240. The van der Waals surface area contributed by atoms with Crippen molar-refractivity contribution in [3.8, 4) is 0 Å². The molecule has 0 spiro atoms. The van der Waals surface area contributed by atoms with Crippen molar-refractivity contribution in [2.75, 3.05) is 18.9 Å². The average molecular weight is 472 g/mol. The Balaban J connectivity index is 1.85. The summed E-state index contributed by atoms with van der Waals surface area (Å²) < 4.78 is 42.0. The Kier molecular flexibility index (Phi) is 5.37. The second kappa shape index (κ2) is 7.45. The highest BCUT2D eigenvalue weighted by atomic mass is 79.9. The number of carbonyl (C=O) groups excluding carboxylic acids is 1. The van der Waals surface area contributed by atoms with E-state index in [2.05, 4.69) is 31.4 Å². The normalized spacial score (nSPS) is 11.9. The first-order valence-corrected chi connectivity index (χ1v) is 10.1. The lowest BCUT2D eigenvalue weighted by atomic mass is 10.2. The zero-order valence-electron chi connectivity index (χ0n) is 14.7. The van der Waals surface area contributed by atoms with Crippen molar-refractivity contribution in [2.24, 2.45) is 7.05 Å². The minimum Gasteiger partial charge on any atom is -0.325 e. The topological polar surface area (TPSA) is 117 Å². The predicted molar refractivity (Wildman–Crippen MR) is 104 cm³/mol. The summed E-state index contributed by atoms with van der Waals surface area (Å²) in [6.45, 7) is -0.515. The van der Waals surface area contributed by atoms with Crippen LogP contribution in [0.5, 0.6) is 0 Å². The van der Waals surface area contributed by atoms with Gasteiger partial charge in [0.05, 0.1) is 11.9 Å². The van der Waals surface area contributed by atoms with Crippen LogP contribution in [-0.2, 0) is 21.9 Å². The molecule has 12 heteroatoms. The van der Waals surface area contributed by atoms with Crippen LogP contribution in [0.2, 0.25) is 0 Å². The molecule has 0 atom stereocenters. The number of carbonyl (C=O) groups is 1. The van der Waals surface area contributed by atoms with Crippen LogP contribution in [0.25, 0.3) is 10.9 Å². The van der Waals surface area contributed by atoms with Crippen LogP contribution < -0.4 is 10.9 Å². The van der Waals surface area contributed by atoms with Gasteiger partial charge in [-0.15, -0.1) is 0 Å². The number of hydrogen-bond acceptors (Lipinski definition) is 5. The fraction of sp³-hybridized carbons (Fsp3) is 0.188. The van der Waals surface area contributed by atoms with Gasteiger partial charge >= 0.3 is 0 Å². The van der Waals surface area contributed by atoms with E-state index >= 15 is 0 Å². The van der Waals surface area contributed by atoms with Gasteiger partial charge in [-0.25, -0.2) is 8.42 Å². The highest BCUT2D eigenvalue weighted by Crippen LogP contribution is 2.29. The lowest BCUT2D eigenvalue weighted by molar-refractivity contribution is -0.116. The van der Waals surface area contributed by atoms with Crippen molar-refractivity contribution >= 4 is 48.5 Å². The Morgan fingerprint density at radius 1 is 1.39 bits per heavy atom. The summed E-state index contributed by atoms with van der Waals surface area (Å²) in [7, 11) is -1.37.